The molecule has 2 amide bonds. The Morgan fingerprint density at radius 3 is 2.17 bits per heavy atom. The molecule has 1 atom stereocenters. The van der Waals surface area contributed by atoms with Gasteiger partial charge in [-0.05, 0) is 62.2 Å². The van der Waals surface area contributed by atoms with Gasteiger partial charge in [0.1, 0.15) is 29.9 Å². The van der Waals surface area contributed by atoms with Crippen LogP contribution in [0.2, 0.25) is 0 Å². The minimum atomic E-state index is -3.90. The fraction of sp³-hybridized carbons (Fsp3) is 0.355. The van der Waals surface area contributed by atoms with Gasteiger partial charge in [-0.2, -0.15) is 0 Å². The Morgan fingerprint density at radius 1 is 0.927 bits per heavy atom. The van der Waals surface area contributed by atoms with Crippen LogP contribution in [0.25, 0.3) is 0 Å². The van der Waals surface area contributed by atoms with Crippen LogP contribution < -0.4 is 14.4 Å². The second-order valence-corrected chi connectivity index (χ2v) is 12.2. The molecule has 1 fully saturated rings. The predicted octanol–water partition coefficient (Wildman–Crippen LogP) is 5.25. The van der Waals surface area contributed by atoms with Crippen molar-refractivity contribution < 1.29 is 27.1 Å². The van der Waals surface area contributed by atoms with E-state index in [1.54, 1.807) is 61.5 Å². The van der Waals surface area contributed by atoms with Gasteiger partial charge in [-0.1, -0.05) is 55.7 Å². The third-order valence-electron chi connectivity index (χ3n) is 7.20. The average Bonchev–Trinajstić information content (AvgIpc) is 2.96. The fourth-order valence-electron chi connectivity index (χ4n) is 4.88. The minimum Gasteiger partial charge on any atom is -0.457 e. The van der Waals surface area contributed by atoms with Crippen molar-refractivity contribution in [2.75, 3.05) is 17.1 Å². The highest BCUT2D eigenvalue weighted by Gasteiger charge is 2.31. The van der Waals surface area contributed by atoms with E-state index in [9.17, 15) is 22.4 Å². The molecule has 1 aliphatic rings. The molecule has 0 bridgehead atoms. The lowest BCUT2D eigenvalue weighted by Crippen LogP contribution is -2.53. The van der Waals surface area contributed by atoms with E-state index < -0.39 is 34.3 Å². The first kappa shape index (κ1) is 30.0. The van der Waals surface area contributed by atoms with E-state index in [1.165, 1.54) is 11.0 Å². The van der Waals surface area contributed by atoms with Gasteiger partial charge in [-0.15, -0.1) is 0 Å². The van der Waals surface area contributed by atoms with E-state index in [-0.39, 0.29) is 29.7 Å². The molecule has 0 aromatic heterocycles. The van der Waals surface area contributed by atoms with E-state index in [0.29, 0.717) is 11.5 Å². The number of benzene rings is 3. The van der Waals surface area contributed by atoms with Gasteiger partial charge in [0.25, 0.3) is 0 Å². The first-order chi connectivity index (χ1) is 19.6. The number of para-hydroxylation sites is 1. The van der Waals surface area contributed by atoms with E-state index in [1.807, 2.05) is 18.2 Å². The molecule has 218 valence electrons. The highest BCUT2D eigenvalue weighted by Crippen LogP contribution is 2.26. The summed E-state index contributed by atoms with van der Waals surface area (Å²) in [5.74, 6) is -0.378. The molecule has 0 saturated heterocycles. The maximum Gasteiger partial charge on any atom is 0.244 e. The molecule has 4 rings (SSSR count). The maximum atomic E-state index is 14.6. The van der Waals surface area contributed by atoms with E-state index in [0.717, 1.165) is 42.7 Å². The third kappa shape index (κ3) is 8.29. The summed E-state index contributed by atoms with van der Waals surface area (Å²) in [4.78, 5) is 28.2. The van der Waals surface area contributed by atoms with Crippen molar-refractivity contribution in [2.24, 2.45) is 0 Å². The van der Waals surface area contributed by atoms with Crippen molar-refractivity contribution in [2.45, 2.75) is 57.7 Å². The molecule has 10 heteroatoms. The van der Waals surface area contributed by atoms with Gasteiger partial charge in [0.05, 0.1) is 11.9 Å². The van der Waals surface area contributed by atoms with Crippen LogP contribution in [-0.2, 0) is 26.2 Å². The summed E-state index contributed by atoms with van der Waals surface area (Å²) >= 11 is 0. The molecular formula is C31H36FN3O5S. The number of carbonyl (C=O) groups excluding carboxylic acids is 2. The lowest BCUT2D eigenvalue weighted by atomic mass is 9.95. The number of rotatable bonds is 11. The molecule has 3 aromatic rings. The number of halogens is 1. The first-order valence-corrected chi connectivity index (χ1v) is 15.6. The molecule has 0 spiro atoms. The van der Waals surface area contributed by atoms with Crippen LogP contribution in [0.5, 0.6) is 11.5 Å². The Balaban J connectivity index is 1.55. The first-order valence-electron chi connectivity index (χ1n) is 13.8. The molecule has 3 aromatic carbocycles. The summed E-state index contributed by atoms with van der Waals surface area (Å²) in [7, 11) is -3.90. The standard InChI is InChI=1S/C31H36FN3O5S/c1-23(31(37)33-25-12-5-3-6-13-25)34(21-24-11-9-10-16-29(24)32)30(36)22-35(41(2,38)39)26-17-19-28(20-18-26)40-27-14-7-4-8-15-27/h4,7-11,14-20,23,25H,3,5-6,12-13,21-22H2,1-2H3,(H,33,37)/t23-/m1/s1. The van der Waals surface area contributed by atoms with Crippen LogP contribution in [-0.4, -0.2) is 50.0 Å². The molecule has 1 N–H and O–H groups in total. The second-order valence-electron chi connectivity index (χ2n) is 10.3. The summed E-state index contributed by atoms with van der Waals surface area (Å²) in [5.41, 5.74) is 0.484. The molecule has 0 unspecified atom stereocenters. The zero-order valence-corrected chi connectivity index (χ0v) is 24.1. The second kappa shape index (κ2) is 13.6. The van der Waals surface area contributed by atoms with Crippen molar-refractivity contribution in [3.8, 4) is 11.5 Å². The molecule has 0 heterocycles. The highest BCUT2D eigenvalue weighted by atomic mass is 32.2. The number of sulfonamides is 1. The van der Waals surface area contributed by atoms with E-state index in [2.05, 4.69) is 5.32 Å². The molecule has 1 aliphatic carbocycles. The van der Waals surface area contributed by atoms with Gasteiger partial charge >= 0.3 is 0 Å². The monoisotopic (exact) mass is 581 g/mol. The largest absolute Gasteiger partial charge is 0.457 e. The van der Waals surface area contributed by atoms with Crippen LogP contribution in [0.15, 0.2) is 78.9 Å². The van der Waals surface area contributed by atoms with Crippen LogP contribution in [0.3, 0.4) is 0 Å². The highest BCUT2D eigenvalue weighted by molar-refractivity contribution is 7.92. The fourth-order valence-corrected chi connectivity index (χ4v) is 5.73. The van der Waals surface area contributed by atoms with Crippen LogP contribution in [0, 0.1) is 5.82 Å². The lowest BCUT2D eigenvalue weighted by molar-refractivity contribution is -0.139. The number of nitrogens with one attached hydrogen (secondary N) is 1. The zero-order valence-electron chi connectivity index (χ0n) is 23.3. The molecule has 8 nitrogen and oxygen atoms in total. The minimum absolute atomic E-state index is 0.0215. The average molecular weight is 582 g/mol. The normalized spacial score (nSPS) is 14.6. The van der Waals surface area contributed by atoms with Crippen LogP contribution >= 0.6 is 0 Å². The number of nitrogens with zero attached hydrogens (tertiary/aromatic N) is 2. The van der Waals surface area contributed by atoms with Crippen LogP contribution in [0.1, 0.15) is 44.6 Å². The Bertz CT molecular complexity index is 1430. The maximum absolute atomic E-state index is 14.6. The van der Waals surface area contributed by atoms with Gasteiger partial charge in [0, 0.05) is 18.2 Å². The smallest absolute Gasteiger partial charge is 0.244 e. The van der Waals surface area contributed by atoms with Crippen molar-refractivity contribution in [1.29, 1.82) is 0 Å². The number of hydrogen-bond acceptors (Lipinski definition) is 5. The topological polar surface area (TPSA) is 96.0 Å². The SMILES string of the molecule is C[C@H](C(=O)NC1CCCCC1)N(Cc1ccccc1F)C(=O)CN(c1ccc(Oc2ccccc2)cc1)S(C)(=O)=O. The summed E-state index contributed by atoms with van der Waals surface area (Å²) in [6, 6.07) is 20.5. The number of carbonyl (C=O) groups is 2. The van der Waals surface area contributed by atoms with Gasteiger partial charge in [-0.3, -0.25) is 13.9 Å². The van der Waals surface area contributed by atoms with Gasteiger partial charge in [-0.25, -0.2) is 12.8 Å². The van der Waals surface area contributed by atoms with Crippen molar-refractivity contribution in [1.82, 2.24) is 10.2 Å². The number of hydrogen-bond donors (Lipinski definition) is 1. The Hall–Kier alpha value is -3.92. The van der Waals surface area contributed by atoms with Crippen molar-refractivity contribution in [3.63, 3.8) is 0 Å². The Labute approximate surface area is 241 Å². The van der Waals surface area contributed by atoms with Gasteiger partial charge < -0.3 is 15.0 Å². The number of ether oxygens (including phenoxy) is 1. The van der Waals surface area contributed by atoms with Crippen molar-refractivity contribution in [3.05, 3.63) is 90.2 Å². The zero-order chi connectivity index (χ0) is 29.4. The molecule has 1 saturated carbocycles. The summed E-state index contributed by atoms with van der Waals surface area (Å²) in [5, 5.41) is 3.02. The molecule has 0 aliphatic heterocycles. The summed E-state index contributed by atoms with van der Waals surface area (Å²) in [6.45, 7) is 0.830. The Kier molecular flexibility index (Phi) is 9.99. The van der Waals surface area contributed by atoms with Gasteiger partial charge in [0.2, 0.25) is 21.8 Å². The van der Waals surface area contributed by atoms with E-state index >= 15 is 0 Å². The summed E-state index contributed by atoms with van der Waals surface area (Å²) < 4.78 is 47.0. The molecule has 0 radical (unpaired) electrons. The predicted molar refractivity (Wildman–Crippen MR) is 157 cm³/mol. The van der Waals surface area contributed by atoms with E-state index in [4.69, 9.17) is 4.74 Å². The van der Waals surface area contributed by atoms with Gasteiger partial charge in [0.15, 0.2) is 0 Å². The quantitative estimate of drug-likeness (QED) is 0.334. The molecule has 41 heavy (non-hydrogen) atoms. The third-order valence-corrected chi connectivity index (χ3v) is 8.34. The summed E-state index contributed by atoms with van der Waals surface area (Å²) in [6.07, 6.45) is 5.91. The number of amides is 2. The molecular weight excluding hydrogens is 545 g/mol. The number of anilines is 1. The Morgan fingerprint density at radius 2 is 1.54 bits per heavy atom. The van der Waals surface area contributed by atoms with Crippen molar-refractivity contribution >= 4 is 27.5 Å². The lowest BCUT2D eigenvalue weighted by Gasteiger charge is -2.33. The van der Waals surface area contributed by atoms with Crippen LogP contribution in [0.4, 0.5) is 10.1 Å².